The molecule has 1 atom stereocenters. The van der Waals surface area contributed by atoms with E-state index >= 15 is 0 Å². The standard InChI is InChI=1S/C18H22O/c1-3-5-8-14(4-2)18(19)17-12-11-15-9-6-7-10-16(15)13-17/h6-7,9-14H,3-5,8H2,1-2H3. The molecular weight excluding hydrogens is 232 g/mol. The van der Waals surface area contributed by atoms with Crippen LogP contribution in [0.4, 0.5) is 0 Å². The molecule has 1 heteroatoms. The number of Topliss-reactive ketones (excluding diaryl/α,β-unsaturated/α-hetero) is 1. The van der Waals surface area contributed by atoms with E-state index in [1.807, 2.05) is 24.3 Å². The number of benzene rings is 2. The maximum atomic E-state index is 12.5. The summed E-state index contributed by atoms with van der Waals surface area (Å²) in [6.07, 6.45) is 4.24. The van der Waals surface area contributed by atoms with Gasteiger partial charge in [-0.2, -0.15) is 0 Å². The fourth-order valence-corrected chi connectivity index (χ4v) is 2.55. The normalized spacial score (nSPS) is 12.5. The number of hydrogen-bond donors (Lipinski definition) is 0. The van der Waals surface area contributed by atoms with E-state index in [2.05, 4.69) is 32.0 Å². The summed E-state index contributed by atoms with van der Waals surface area (Å²) in [7, 11) is 0. The first-order valence-electron chi connectivity index (χ1n) is 7.29. The minimum absolute atomic E-state index is 0.182. The lowest BCUT2D eigenvalue weighted by Crippen LogP contribution is -2.14. The maximum absolute atomic E-state index is 12.5. The highest BCUT2D eigenvalue weighted by Crippen LogP contribution is 2.22. The zero-order chi connectivity index (χ0) is 13.7. The van der Waals surface area contributed by atoms with Gasteiger partial charge in [-0.15, -0.1) is 0 Å². The lowest BCUT2D eigenvalue weighted by molar-refractivity contribution is 0.0908. The van der Waals surface area contributed by atoms with Crippen LogP contribution in [-0.4, -0.2) is 5.78 Å². The highest BCUT2D eigenvalue weighted by atomic mass is 16.1. The van der Waals surface area contributed by atoms with Crippen LogP contribution >= 0.6 is 0 Å². The summed E-state index contributed by atoms with van der Waals surface area (Å²) < 4.78 is 0. The average molecular weight is 254 g/mol. The molecule has 2 aromatic rings. The molecule has 0 aliphatic carbocycles. The summed E-state index contributed by atoms with van der Waals surface area (Å²) >= 11 is 0. The molecule has 0 amide bonds. The molecule has 0 saturated heterocycles. The Morgan fingerprint density at radius 2 is 1.79 bits per heavy atom. The Morgan fingerprint density at radius 1 is 1.05 bits per heavy atom. The van der Waals surface area contributed by atoms with Crippen molar-refractivity contribution in [3.05, 3.63) is 48.0 Å². The minimum atomic E-state index is 0.182. The van der Waals surface area contributed by atoms with Crippen LogP contribution in [0.25, 0.3) is 10.8 Å². The van der Waals surface area contributed by atoms with Gasteiger partial charge in [0.05, 0.1) is 0 Å². The molecule has 100 valence electrons. The van der Waals surface area contributed by atoms with E-state index in [1.165, 1.54) is 5.39 Å². The number of hydrogen-bond acceptors (Lipinski definition) is 1. The van der Waals surface area contributed by atoms with Crippen LogP contribution in [0.15, 0.2) is 42.5 Å². The average Bonchev–Trinajstić information content (AvgIpc) is 2.47. The first kappa shape index (κ1) is 13.8. The van der Waals surface area contributed by atoms with E-state index in [4.69, 9.17) is 0 Å². The largest absolute Gasteiger partial charge is 0.294 e. The van der Waals surface area contributed by atoms with Gasteiger partial charge >= 0.3 is 0 Å². The Bertz CT molecular complexity index is 556. The predicted molar refractivity (Wildman–Crippen MR) is 81.6 cm³/mol. The van der Waals surface area contributed by atoms with Gasteiger partial charge in [0.15, 0.2) is 5.78 Å². The number of carbonyl (C=O) groups excluding carboxylic acids is 1. The van der Waals surface area contributed by atoms with E-state index in [0.29, 0.717) is 5.78 Å². The van der Waals surface area contributed by atoms with E-state index in [1.54, 1.807) is 0 Å². The molecule has 0 aliphatic rings. The van der Waals surface area contributed by atoms with Gasteiger partial charge in [0, 0.05) is 11.5 Å². The Morgan fingerprint density at radius 3 is 2.47 bits per heavy atom. The highest BCUT2D eigenvalue weighted by molar-refractivity contribution is 6.01. The third-order valence-corrected chi connectivity index (χ3v) is 3.80. The molecule has 0 N–H and O–H groups in total. The molecule has 0 aromatic heterocycles. The van der Waals surface area contributed by atoms with Gasteiger partial charge < -0.3 is 0 Å². The topological polar surface area (TPSA) is 17.1 Å². The van der Waals surface area contributed by atoms with Crippen molar-refractivity contribution in [3.8, 4) is 0 Å². The van der Waals surface area contributed by atoms with E-state index in [-0.39, 0.29) is 5.92 Å². The minimum Gasteiger partial charge on any atom is -0.294 e. The Kier molecular flexibility index (Phi) is 4.73. The van der Waals surface area contributed by atoms with E-state index < -0.39 is 0 Å². The lowest BCUT2D eigenvalue weighted by atomic mass is 9.90. The second-order valence-corrected chi connectivity index (χ2v) is 5.17. The van der Waals surface area contributed by atoms with Crippen LogP contribution in [0.5, 0.6) is 0 Å². The quantitative estimate of drug-likeness (QED) is 0.644. The van der Waals surface area contributed by atoms with Gasteiger partial charge in [-0.1, -0.05) is 63.1 Å². The summed E-state index contributed by atoms with van der Waals surface area (Å²) in [6, 6.07) is 14.3. The number of ketones is 1. The summed E-state index contributed by atoms with van der Waals surface area (Å²) in [5.41, 5.74) is 0.863. The lowest BCUT2D eigenvalue weighted by Gasteiger charge is -2.13. The predicted octanol–water partition coefficient (Wildman–Crippen LogP) is 5.24. The van der Waals surface area contributed by atoms with Crippen molar-refractivity contribution in [2.75, 3.05) is 0 Å². The van der Waals surface area contributed by atoms with Gasteiger partial charge in [-0.25, -0.2) is 0 Å². The van der Waals surface area contributed by atoms with Crippen LogP contribution in [0, 0.1) is 5.92 Å². The van der Waals surface area contributed by atoms with Gasteiger partial charge in [0.2, 0.25) is 0 Å². The zero-order valence-corrected chi connectivity index (χ0v) is 11.9. The van der Waals surface area contributed by atoms with Crippen molar-refractivity contribution in [3.63, 3.8) is 0 Å². The SMILES string of the molecule is CCCCC(CC)C(=O)c1ccc2ccccc2c1. The van der Waals surface area contributed by atoms with E-state index in [9.17, 15) is 4.79 Å². The second-order valence-electron chi connectivity index (χ2n) is 5.17. The van der Waals surface area contributed by atoms with Crippen molar-refractivity contribution in [1.82, 2.24) is 0 Å². The number of unbranched alkanes of at least 4 members (excludes halogenated alkanes) is 1. The molecule has 1 unspecified atom stereocenters. The first-order chi connectivity index (χ1) is 9.26. The fraction of sp³-hybridized carbons (Fsp3) is 0.389. The first-order valence-corrected chi connectivity index (χ1v) is 7.29. The number of carbonyl (C=O) groups is 1. The number of rotatable bonds is 6. The van der Waals surface area contributed by atoms with Crippen molar-refractivity contribution in [2.24, 2.45) is 5.92 Å². The van der Waals surface area contributed by atoms with Crippen LogP contribution in [0.1, 0.15) is 49.9 Å². The van der Waals surface area contributed by atoms with Gasteiger partial charge in [0.25, 0.3) is 0 Å². The smallest absolute Gasteiger partial charge is 0.165 e. The number of fused-ring (bicyclic) bond motifs is 1. The third kappa shape index (κ3) is 3.23. The second kappa shape index (κ2) is 6.51. The summed E-state index contributed by atoms with van der Waals surface area (Å²) in [5, 5.41) is 2.35. The van der Waals surface area contributed by atoms with Gasteiger partial charge in [0.1, 0.15) is 0 Å². The molecule has 0 aliphatic heterocycles. The van der Waals surface area contributed by atoms with Crippen LogP contribution < -0.4 is 0 Å². The fourth-order valence-electron chi connectivity index (χ4n) is 2.55. The van der Waals surface area contributed by atoms with Crippen LogP contribution in [-0.2, 0) is 0 Å². The van der Waals surface area contributed by atoms with Crippen LogP contribution in [0.3, 0.4) is 0 Å². The van der Waals surface area contributed by atoms with Crippen molar-refractivity contribution in [1.29, 1.82) is 0 Å². The molecule has 0 radical (unpaired) electrons. The Hall–Kier alpha value is -1.63. The van der Waals surface area contributed by atoms with Crippen molar-refractivity contribution >= 4 is 16.6 Å². The van der Waals surface area contributed by atoms with Crippen LogP contribution in [0.2, 0.25) is 0 Å². The summed E-state index contributed by atoms with van der Waals surface area (Å²) in [4.78, 5) is 12.5. The third-order valence-electron chi connectivity index (χ3n) is 3.80. The zero-order valence-electron chi connectivity index (χ0n) is 11.9. The molecule has 0 bridgehead atoms. The maximum Gasteiger partial charge on any atom is 0.165 e. The van der Waals surface area contributed by atoms with Crippen molar-refractivity contribution < 1.29 is 4.79 Å². The van der Waals surface area contributed by atoms with Gasteiger partial charge in [-0.05, 0) is 29.7 Å². The van der Waals surface area contributed by atoms with Crippen molar-refractivity contribution in [2.45, 2.75) is 39.5 Å². The molecule has 0 heterocycles. The Labute approximate surface area is 115 Å². The molecule has 0 fully saturated rings. The Balaban J connectivity index is 2.24. The summed E-state index contributed by atoms with van der Waals surface area (Å²) in [6.45, 7) is 4.28. The molecule has 2 rings (SSSR count). The van der Waals surface area contributed by atoms with E-state index in [0.717, 1.165) is 36.6 Å². The molecule has 0 saturated carbocycles. The monoisotopic (exact) mass is 254 g/mol. The molecule has 2 aromatic carbocycles. The highest BCUT2D eigenvalue weighted by Gasteiger charge is 2.17. The molecule has 1 nitrogen and oxygen atoms in total. The molecule has 0 spiro atoms. The molecular formula is C18H22O. The molecule has 19 heavy (non-hydrogen) atoms. The van der Waals surface area contributed by atoms with Gasteiger partial charge in [-0.3, -0.25) is 4.79 Å². The summed E-state index contributed by atoms with van der Waals surface area (Å²) in [5.74, 6) is 0.489.